The summed E-state index contributed by atoms with van der Waals surface area (Å²) in [5, 5.41) is 2.50. The fourth-order valence-electron chi connectivity index (χ4n) is 9.74. The Morgan fingerprint density at radius 2 is 1.04 bits per heavy atom. The van der Waals surface area contributed by atoms with E-state index in [0.717, 1.165) is 12.1 Å². The Balaban J connectivity index is 1.09. The maximum atomic E-state index is 2.50. The van der Waals surface area contributed by atoms with Crippen LogP contribution >= 0.6 is 0 Å². The van der Waals surface area contributed by atoms with E-state index in [1.165, 1.54) is 83.8 Å². The molecule has 8 aromatic rings. The number of rotatable bonds is 5. The van der Waals surface area contributed by atoms with Gasteiger partial charge >= 0.3 is 0 Å². The van der Waals surface area contributed by atoms with E-state index in [2.05, 4.69) is 231 Å². The van der Waals surface area contributed by atoms with E-state index in [9.17, 15) is 0 Å². The molecule has 3 nitrogen and oxygen atoms in total. The van der Waals surface area contributed by atoms with Crippen LogP contribution < -0.4 is 9.80 Å². The van der Waals surface area contributed by atoms with E-state index >= 15 is 0 Å². The van der Waals surface area contributed by atoms with E-state index in [0.29, 0.717) is 0 Å². The SMILES string of the molecule is CC=C1C(=CCc2ccc3c(c2)C(C)(C)c2ccccc2N3c2ccccc2)C(C)(C)c2ccccc2N1c1ccc2c(c1)c1ccccc1n2-c1ccccc1. The molecule has 0 amide bonds. The summed E-state index contributed by atoms with van der Waals surface area (Å²) in [6, 6.07) is 62.3. The Morgan fingerprint density at radius 3 is 1.75 bits per heavy atom. The van der Waals surface area contributed by atoms with Gasteiger partial charge in [-0.3, -0.25) is 0 Å². The first-order valence-corrected chi connectivity index (χ1v) is 20.2. The molecule has 0 aliphatic carbocycles. The molecule has 0 radical (unpaired) electrons. The van der Waals surface area contributed by atoms with Crippen LogP contribution in [0.5, 0.6) is 0 Å². The molecule has 0 atom stereocenters. The third kappa shape index (κ3) is 5.40. The number of aromatic nitrogens is 1. The van der Waals surface area contributed by atoms with E-state index in [-0.39, 0.29) is 10.8 Å². The number of allylic oxidation sites excluding steroid dienone is 3. The fraction of sp³-hybridized carbons (Fsp3) is 0.148. The Hall–Kier alpha value is -6.58. The number of anilines is 5. The molecule has 0 saturated heterocycles. The number of fused-ring (bicyclic) bond motifs is 6. The second-order valence-electron chi connectivity index (χ2n) is 16.5. The first kappa shape index (κ1) is 34.9. The highest BCUT2D eigenvalue weighted by Crippen LogP contribution is 2.53. The maximum Gasteiger partial charge on any atom is 0.0542 e. The van der Waals surface area contributed by atoms with Crippen LogP contribution in [0.3, 0.4) is 0 Å². The number of benzene rings is 7. The lowest BCUT2D eigenvalue weighted by Gasteiger charge is -2.44. The molecule has 0 unspecified atom stereocenters. The van der Waals surface area contributed by atoms with Crippen molar-refractivity contribution in [2.75, 3.05) is 9.80 Å². The van der Waals surface area contributed by atoms with Gasteiger partial charge in [0.05, 0.1) is 28.1 Å². The Labute approximate surface area is 336 Å². The molecule has 3 heterocycles. The monoisotopic (exact) mass is 737 g/mol. The lowest BCUT2D eigenvalue weighted by Crippen LogP contribution is -2.35. The van der Waals surface area contributed by atoms with Gasteiger partial charge < -0.3 is 14.4 Å². The van der Waals surface area contributed by atoms with Gasteiger partial charge in [-0.1, -0.05) is 143 Å². The highest BCUT2D eigenvalue weighted by Gasteiger charge is 2.40. The smallest absolute Gasteiger partial charge is 0.0542 e. The molecule has 2 aliphatic rings. The Bertz CT molecular complexity index is 2890. The number of hydrogen-bond acceptors (Lipinski definition) is 2. The van der Waals surface area contributed by atoms with E-state index in [1.807, 2.05) is 0 Å². The van der Waals surface area contributed by atoms with Crippen molar-refractivity contribution in [3.63, 3.8) is 0 Å². The predicted molar refractivity (Wildman–Crippen MR) is 241 cm³/mol. The molecule has 0 N–H and O–H groups in total. The van der Waals surface area contributed by atoms with Crippen molar-refractivity contribution < 1.29 is 0 Å². The van der Waals surface area contributed by atoms with Crippen LogP contribution in [0, 0.1) is 0 Å². The fourth-order valence-corrected chi connectivity index (χ4v) is 9.74. The minimum Gasteiger partial charge on any atom is -0.310 e. The highest BCUT2D eigenvalue weighted by atomic mass is 15.2. The molecule has 57 heavy (non-hydrogen) atoms. The van der Waals surface area contributed by atoms with Crippen molar-refractivity contribution in [3.8, 4) is 5.69 Å². The molecule has 7 aromatic carbocycles. The Morgan fingerprint density at radius 1 is 0.456 bits per heavy atom. The molecule has 1 aromatic heterocycles. The van der Waals surface area contributed by atoms with Crippen molar-refractivity contribution in [3.05, 3.63) is 216 Å². The van der Waals surface area contributed by atoms with Crippen LogP contribution in [0.25, 0.3) is 27.5 Å². The summed E-state index contributed by atoms with van der Waals surface area (Å²) in [5.74, 6) is 0. The summed E-state index contributed by atoms with van der Waals surface area (Å²) in [5.41, 5.74) is 17.2. The summed E-state index contributed by atoms with van der Waals surface area (Å²) in [6.45, 7) is 11.7. The molecule has 278 valence electrons. The third-order valence-corrected chi connectivity index (χ3v) is 12.6. The number of hydrogen-bond donors (Lipinski definition) is 0. The average Bonchev–Trinajstić information content (AvgIpc) is 3.58. The standard InChI is InChI=1S/C54H47N3/c1-6-47-45(32-29-37-30-33-52-46(35-37)54(4,5)44-25-15-17-27-50(44)56(52)39-21-11-8-12-22-39)53(2,3)43-24-14-18-28-51(43)57(47)40-31-34-49-42(36-40)41-23-13-16-26-48(41)55(49)38-19-9-7-10-20-38/h6-28,30-36H,29H2,1-5H3. The lowest BCUT2D eigenvalue weighted by molar-refractivity contribution is 0.609. The largest absolute Gasteiger partial charge is 0.310 e. The lowest BCUT2D eigenvalue weighted by atomic mass is 9.71. The van der Waals surface area contributed by atoms with E-state index < -0.39 is 0 Å². The third-order valence-electron chi connectivity index (χ3n) is 12.6. The summed E-state index contributed by atoms with van der Waals surface area (Å²) in [7, 11) is 0. The average molecular weight is 738 g/mol. The zero-order chi connectivity index (χ0) is 38.9. The quantitative estimate of drug-likeness (QED) is 0.174. The van der Waals surface area contributed by atoms with Crippen molar-refractivity contribution in [2.45, 2.75) is 51.9 Å². The predicted octanol–water partition coefficient (Wildman–Crippen LogP) is 14.4. The minimum atomic E-state index is -0.209. The number of nitrogens with zero attached hydrogens (tertiary/aromatic N) is 3. The van der Waals surface area contributed by atoms with Gasteiger partial charge in [0.15, 0.2) is 0 Å². The Kier molecular flexibility index (Phi) is 8.12. The van der Waals surface area contributed by atoms with Gasteiger partial charge in [0.2, 0.25) is 0 Å². The summed E-state index contributed by atoms with van der Waals surface area (Å²) in [4.78, 5) is 4.92. The molecular formula is C54H47N3. The first-order valence-electron chi connectivity index (χ1n) is 20.2. The maximum absolute atomic E-state index is 2.50. The zero-order valence-electron chi connectivity index (χ0n) is 33.4. The summed E-state index contributed by atoms with van der Waals surface area (Å²) >= 11 is 0. The summed E-state index contributed by atoms with van der Waals surface area (Å²) < 4.78 is 2.39. The van der Waals surface area contributed by atoms with Crippen LogP contribution in [0.15, 0.2) is 193 Å². The van der Waals surface area contributed by atoms with Gasteiger partial charge in [-0.2, -0.15) is 0 Å². The second-order valence-corrected chi connectivity index (χ2v) is 16.5. The molecule has 10 rings (SSSR count). The van der Waals surface area contributed by atoms with E-state index in [1.54, 1.807) is 0 Å². The van der Waals surface area contributed by atoms with Gasteiger partial charge in [-0.25, -0.2) is 0 Å². The van der Waals surface area contributed by atoms with Gasteiger partial charge in [0, 0.05) is 44.4 Å². The molecule has 2 aliphatic heterocycles. The highest BCUT2D eigenvalue weighted by molar-refractivity contribution is 6.10. The minimum absolute atomic E-state index is 0.156. The van der Waals surface area contributed by atoms with Gasteiger partial charge in [-0.15, -0.1) is 0 Å². The van der Waals surface area contributed by atoms with Crippen LogP contribution in [0.1, 0.15) is 56.9 Å². The summed E-state index contributed by atoms with van der Waals surface area (Å²) in [6.07, 6.45) is 5.64. The van der Waals surface area contributed by atoms with Crippen molar-refractivity contribution in [1.29, 1.82) is 0 Å². The van der Waals surface area contributed by atoms with Crippen LogP contribution in [-0.2, 0) is 17.3 Å². The second kappa shape index (κ2) is 13.3. The van der Waals surface area contributed by atoms with Crippen molar-refractivity contribution in [1.82, 2.24) is 4.57 Å². The molecule has 0 spiro atoms. The zero-order valence-corrected chi connectivity index (χ0v) is 33.4. The van der Waals surface area contributed by atoms with Crippen LogP contribution in [0.2, 0.25) is 0 Å². The van der Waals surface area contributed by atoms with Crippen molar-refractivity contribution >= 4 is 50.2 Å². The van der Waals surface area contributed by atoms with E-state index in [4.69, 9.17) is 0 Å². The topological polar surface area (TPSA) is 11.4 Å². The molecule has 0 saturated carbocycles. The van der Waals surface area contributed by atoms with Crippen LogP contribution in [0.4, 0.5) is 28.4 Å². The van der Waals surface area contributed by atoms with Gasteiger partial charge in [-0.05, 0) is 108 Å². The number of para-hydroxylation sites is 5. The molecule has 0 fully saturated rings. The van der Waals surface area contributed by atoms with Crippen LogP contribution in [-0.4, -0.2) is 4.57 Å². The molecular weight excluding hydrogens is 691 g/mol. The molecule has 0 bridgehead atoms. The molecule has 3 heteroatoms. The van der Waals surface area contributed by atoms with Gasteiger partial charge in [0.25, 0.3) is 0 Å². The van der Waals surface area contributed by atoms with Gasteiger partial charge in [0.1, 0.15) is 0 Å². The normalized spacial score (nSPS) is 16.9. The van der Waals surface area contributed by atoms with Crippen molar-refractivity contribution in [2.24, 2.45) is 0 Å². The first-order chi connectivity index (χ1) is 27.8.